The highest BCUT2D eigenvalue weighted by molar-refractivity contribution is 7.81. The van der Waals surface area contributed by atoms with Crippen LogP contribution in [0.4, 0.5) is 0 Å². The molecule has 0 N–H and O–H groups in total. The normalized spacial score (nSPS) is 13.8. The van der Waals surface area contributed by atoms with E-state index in [0.717, 1.165) is 38.5 Å². The van der Waals surface area contributed by atoms with Crippen molar-refractivity contribution in [3.63, 3.8) is 0 Å². The molecule has 0 amide bonds. The Balaban J connectivity index is 4.44. The third-order valence-electron chi connectivity index (χ3n) is 8.12. The molecule has 2 atom stereocenters. The number of quaternary nitrogens is 1. The highest BCUT2D eigenvalue weighted by Gasteiger charge is 2.27. The standard InChI is InChI=1S/C36H72ClNO7P/c1-6-8-10-12-14-16-18-20-22-24-26-28-35(39)42-32-34(33-44-46(37,41)43-31-30-38(3,4)5)45-36(40)29-27-25-23-21-19-17-15-13-11-9-7-2/h34H,6-33H2,1-5H3/q+1/t34-,46?/m0/s1. The molecule has 0 aliphatic rings. The van der Waals surface area contributed by atoms with Crippen molar-refractivity contribution in [3.05, 3.63) is 0 Å². The van der Waals surface area contributed by atoms with Gasteiger partial charge in [-0.2, -0.15) is 0 Å². The van der Waals surface area contributed by atoms with Crippen LogP contribution in [0.5, 0.6) is 0 Å². The molecule has 0 fully saturated rings. The molecule has 10 heteroatoms. The lowest BCUT2D eigenvalue weighted by atomic mass is 10.1. The molecular weight excluding hydrogens is 625 g/mol. The summed E-state index contributed by atoms with van der Waals surface area (Å²) in [6.07, 6.45) is 26.1. The Kier molecular flexibility index (Phi) is 30.0. The largest absolute Gasteiger partial charge is 0.462 e. The number of likely N-dealkylation sites (N-methyl/N-ethyl adjacent to an activating group) is 1. The van der Waals surface area contributed by atoms with Crippen LogP contribution in [-0.2, 0) is 32.7 Å². The van der Waals surface area contributed by atoms with Crippen molar-refractivity contribution in [1.82, 2.24) is 0 Å². The molecule has 0 aromatic rings. The molecule has 0 aromatic heterocycles. The lowest BCUT2D eigenvalue weighted by Gasteiger charge is -2.24. The summed E-state index contributed by atoms with van der Waals surface area (Å²) in [5, 5.41) is 0. The van der Waals surface area contributed by atoms with E-state index >= 15 is 0 Å². The summed E-state index contributed by atoms with van der Waals surface area (Å²) in [4.78, 5) is 25.0. The average Bonchev–Trinajstić information content (AvgIpc) is 2.99. The van der Waals surface area contributed by atoms with Gasteiger partial charge in [-0.3, -0.25) is 18.6 Å². The Labute approximate surface area is 288 Å². The first kappa shape index (κ1) is 45.3. The number of esters is 2. The van der Waals surface area contributed by atoms with Gasteiger partial charge in [0.2, 0.25) is 0 Å². The summed E-state index contributed by atoms with van der Waals surface area (Å²) >= 11 is 6.01. The Morgan fingerprint density at radius 3 is 1.39 bits per heavy atom. The first-order chi connectivity index (χ1) is 22.0. The highest BCUT2D eigenvalue weighted by Crippen LogP contribution is 2.53. The second kappa shape index (κ2) is 30.4. The van der Waals surface area contributed by atoms with E-state index in [2.05, 4.69) is 13.8 Å². The van der Waals surface area contributed by atoms with Crippen LogP contribution >= 0.6 is 18.2 Å². The van der Waals surface area contributed by atoms with Gasteiger partial charge in [-0.25, -0.2) is 4.57 Å². The van der Waals surface area contributed by atoms with E-state index in [1.165, 1.54) is 103 Å². The molecule has 46 heavy (non-hydrogen) atoms. The summed E-state index contributed by atoms with van der Waals surface area (Å²) in [5.74, 6) is -0.725. The van der Waals surface area contributed by atoms with Crippen molar-refractivity contribution in [1.29, 1.82) is 0 Å². The molecule has 0 aromatic carbocycles. The molecule has 0 rings (SSSR count). The number of carbonyl (C=O) groups excluding carboxylic acids is 2. The van der Waals surface area contributed by atoms with Crippen LogP contribution in [0, 0.1) is 0 Å². The van der Waals surface area contributed by atoms with Crippen LogP contribution in [0.15, 0.2) is 0 Å². The average molecular weight is 697 g/mol. The van der Waals surface area contributed by atoms with Crippen molar-refractivity contribution in [2.45, 2.75) is 174 Å². The lowest BCUT2D eigenvalue weighted by molar-refractivity contribution is -0.870. The number of carbonyl (C=O) groups is 2. The fraction of sp³-hybridized carbons (Fsp3) is 0.944. The Bertz CT molecular complexity index is 778. The summed E-state index contributed by atoms with van der Waals surface area (Å²) in [7, 11) is 5.96. The zero-order valence-corrected chi connectivity index (χ0v) is 32.2. The molecule has 0 heterocycles. The molecule has 0 spiro atoms. The predicted molar refractivity (Wildman–Crippen MR) is 191 cm³/mol. The van der Waals surface area contributed by atoms with Crippen LogP contribution in [0.2, 0.25) is 0 Å². The van der Waals surface area contributed by atoms with E-state index in [1.54, 1.807) is 0 Å². The minimum Gasteiger partial charge on any atom is -0.462 e. The van der Waals surface area contributed by atoms with Gasteiger partial charge in [0.15, 0.2) is 6.10 Å². The molecule has 0 saturated heterocycles. The van der Waals surface area contributed by atoms with Crippen LogP contribution in [0.3, 0.4) is 0 Å². The fourth-order valence-corrected chi connectivity index (χ4v) is 6.21. The Hall–Kier alpha value is -0.660. The summed E-state index contributed by atoms with van der Waals surface area (Å²) in [6.45, 7) is 0.895. The summed E-state index contributed by atoms with van der Waals surface area (Å²) in [5.41, 5.74) is 0. The Morgan fingerprint density at radius 1 is 0.587 bits per heavy atom. The van der Waals surface area contributed by atoms with E-state index < -0.39 is 13.1 Å². The molecular formula is C36H72ClNO7P+. The lowest BCUT2D eigenvalue weighted by Crippen LogP contribution is -2.37. The van der Waals surface area contributed by atoms with Gasteiger partial charge in [-0.05, 0) is 12.8 Å². The van der Waals surface area contributed by atoms with E-state index in [-0.39, 0.29) is 38.2 Å². The highest BCUT2D eigenvalue weighted by atomic mass is 35.7. The van der Waals surface area contributed by atoms with Gasteiger partial charge in [0.25, 0.3) is 0 Å². The summed E-state index contributed by atoms with van der Waals surface area (Å²) < 4.78 is 34.9. The van der Waals surface area contributed by atoms with E-state index in [1.807, 2.05) is 21.1 Å². The number of hydrogen-bond acceptors (Lipinski definition) is 7. The van der Waals surface area contributed by atoms with Crippen molar-refractivity contribution in [2.24, 2.45) is 0 Å². The van der Waals surface area contributed by atoms with Crippen molar-refractivity contribution in [3.8, 4) is 0 Å². The number of halogens is 1. The quantitative estimate of drug-likeness (QED) is 0.0286. The predicted octanol–water partition coefficient (Wildman–Crippen LogP) is 10.9. The monoisotopic (exact) mass is 696 g/mol. The van der Waals surface area contributed by atoms with Gasteiger partial charge in [-0.1, -0.05) is 142 Å². The van der Waals surface area contributed by atoms with E-state index in [0.29, 0.717) is 17.4 Å². The zero-order valence-electron chi connectivity index (χ0n) is 30.5. The van der Waals surface area contributed by atoms with E-state index in [4.69, 9.17) is 29.8 Å². The fourth-order valence-electron chi connectivity index (χ4n) is 5.12. The molecule has 0 aliphatic carbocycles. The van der Waals surface area contributed by atoms with Crippen LogP contribution in [0.25, 0.3) is 0 Å². The van der Waals surface area contributed by atoms with Gasteiger partial charge in [0.05, 0.1) is 27.7 Å². The number of hydrogen-bond donors (Lipinski definition) is 0. The molecule has 0 radical (unpaired) electrons. The van der Waals surface area contributed by atoms with Crippen molar-refractivity contribution < 1.29 is 37.2 Å². The van der Waals surface area contributed by atoms with Crippen molar-refractivity contribution in [2.75, 3.05) is 47.5 Å². The number of rotatable bonds is 34. The van der Waals surface area contributed by atoms with Crippen LogP contribution in [-0.4, -0.2) is 70.0 Å². The van der Waals surface area contributed by atoms with Crippen LogP contribution in [0.1, 0.15) is 168 Å². The molecule has 0 aliphatic heterocycles. The second-order valence-corrected chi connectivity index (χ2v) is 16.6. The maximum atomic E-state index is 12.6. The molecule has 274 valence electrons. The zero-order chi connectivity index (χ0) is 34.4. The molecule has 8 nitrogen and oxygen atoms in total. The molecule has 1 unspecified atom stereocenters. The minimum atomic E-state index is -3.88. The third kappa shape index (κ3) is 33.2. The van der Waals surface area contributed by atoms with Crippen LogP contribution < -0.4 is 0 Å². The Morgan fingerprint density at radius 2 is 0.978 bits per heavy atom. The van der Waals surface area contributed by atoms with Gasteiger partial charge in [0.1, 0.15) is 19.8 Å². The summed E-state index contributed by atoms with van der Waals surface area (Å²) in [6, 6.07) is 0. The molecule has 0 saturated carbocycles. The van der Waals surface area contributed by atoms with Gasteiger partial charge >= 0.3 is 18.9 Å². The van der Waals surface area contributed by atoms with Crippen molar-refractivity contribution >= 4 is 30.1 Å². The van der Waals surface area contributed by atoms with Gasteiger partial charge in [0, 0.05) is 24.1 Å². The van der Waals surface area contributed by atoms with Gasteiger partial charge < -0.3 is 14.0 Å². The number of nitrogens with zero attached hydrogens (tertiary/aromatic N) is 1. The smallest absolute Gasteiger partial charge is 0.424 e. The SMILES string of the molecule is CCCCCCCCCCCCCC(=O)OC[C@@H](COP(=O)(Cl)OCC[N+](C)(C)C)OC(=O)CCCCCCCCCCCCC. The molecule has 0 bridgehead atoms. The topological polar surface area (TPSA) is 88.1 Å². The maximum absolute atomic E-state index is 12.6. The van der Waals surface area contributed by atoms with E-state index in [9.17, 15) is 14.2 Å². The first-order valence-corrected chi connectivity index (χ1v) is 21.2. The first-order valence-electron chi connectivity index (χ1n) is 18.7. The maximum Gasteiger partial charge on any atom is 0.424 e. The number of ether oxygens (including phenoxy) is 2. The minimum absolute atomic E-state index is 0.154. The second-order valence-electron chi connectivity index (χ2n) is 13.9. The number of unbranched alkanes of at least 4 members (excludes halogenated alkanes) is 20. The third-order valence-corrected chi connectivity index (χ3v) is 9.65. The van der Waals surface area contributed by atoms with Gasteiger partial charge in [-0.15, -0.1) is 0 Å².